The molecule has 1 aromatic rings. The fourth-order valence-electron chi connectivity index (χ4n) is 1.64. The van der Waals surface area contributed by atoms with Gasteiger partial charge in [-0.05, 0) is 38.6 Å². The van der Waals surface area contributed by atoms with Crippen molar-refractivity contribution < 1.29 is 4.74 Å². The monoisotopic (exact) mass is 275 g/mol. The molecule has 2 nitrogen and oxygen atoms in total. The highest BCUT2D eigenvalue weighted by molar-refractivity contribution is 6.42. The van der Waals surface area contributed by atoms with Gasteiger partial charge in [0.1, 0.15) is 10.8 Å². The Labute approximate surface area is 113 Å². The van der Waals surface area contributed by atoms with Gasteiger partial charge < -0.3 is 10.1 Å². The number of rotatable bonds is 7. The highest BCUT2D eigenvalue weighted by atomic mass is 35.5. The van der Waals surface area contributed by atoms with Gasteiger partial charge in [0.05, 0.1) is 11.1 Å². The molecule has 0 aliphatic rings. The van der Waals surface area contributed by atoms with E-state index in [0.29, 0.717) is 15.8 Å². The first-order valence-electron chi connectivity index (χ1n) is 5.94. The average molecular weight is 276 g/mol. The Balaban J connectivity index is 2.67. The zero-order chi connectivity index (χ0) is 12.7. The lowest BCUT2D eigenvalue weighted by Crippen LogP contribution is -2.22. The third kappa shape index (κ3) is 4.74. The van der Waals surface area contributed by atoms with Crippen molar-refractivity contribution in [1.82, 2.24) is 5.32 Å². The van der Waals surface area contributed by atoms with E-state index in [-0.39, 0.29) is 6.10 Å². The first-order valence-corrected chi connectivity index (χ1v) is 6.69. The molecule has 0 saturated carbocycles. The molecule has 0 spiro atoms. The molecule has 1 rings (SSSR count). The average Bonchev–Trinajstić information content (AvgIpc) is 2.32. The fourth-order valence-corrected chi connectivity index (χ4v) is 1.98. The standard InChI is InChI=1S/C13H19Cl2NO/c1-3-5-10(8-9-16-2)17-12-7-4-6-11(14)13(12)15/h4,6-7,10,16H,3,5,8-9H2,1-2H3/t10-/m0/s1. The molecule has 96 valence electrons. The molecule has 4 heteroatoms. The highest BCUT2D eigenvalue weighted by Crippen LogP contribution is 2.32. The Morgan fingerprint density at radius 3 is 2.71 bits per heavy atom. The Bertz CT molecular complexity index is 344. The summed E-state index contributed by atoms with van der Waals surface area (Å²) in [6, 6.07) is 5.47. The molecule has 0 heterocycles. The van der Waals surface area contributed by atoms with E-state index >= 15 is 0 Å². The van der Waals surface area contributed by atoms with Crippen LogP contribution in [0.3, 0.4) is 0 Å². The van der Waals surface area contributed by atoms with Gasteiger partial charge >= 0.3 is 0 Å². The Morgan fingerprint density at radius 1 is 1.29 bits per heavy atom. The molecule has 0 amide bonds. The van der Waals surface area contributed by atoms with Crippen LogP contribution in [0.25, 0.3) is 0 Å². The normalized spacial score (nSPS) is 12.5. The van der Waals surface area contributed by atoms with Crippen LogP contribution in [0.1, 0.15) is 26.2 Å². The van der Waals surface area contributed by atoms with Crippen LogP contribution >= 0.6 is 23.2 Å². The molecule has 0 unspecified atom stereocenters. The van der Waals surface area contributed by atoms with Crippen molar-refractivity contribution in [2.45, 2.75) is 32.3 Å². The van der Waals surface area contributed by atoms with Gasteiger partial charge in [-0.3, -0.25) is 0 Å². The maximum Gasteiger partial charge on any atom is 0.139 e. The molecular weight excluding hydrogens is 257 g/mol. The summed E-state index contributed by atoms with van der Waals surface area (Å²) >= 11 is 12.1. The van der Waals surface area contributed by atoms with Crippen LogP contribution in [0.5, 0.6) is 5.75 Å². The van der Waals surface area contributed by atoms with E-state index in [1.807, 2.05) is 19.2 Å². The Hall–Kier alpha value is -0.440. The van der Waals surface area contributed by atoms with Crippen LogP contribution in [0.4, 0.5) is 0 Å². The van der Waals surface area contributed by atoms with Crippen molar-refractivity contribution in [3.05, 3.63) is 28.2 Å². The minimum Gasteiger partial charge on any atom is -0.489 e. The molecule has 0 fully saturated rings. The van der Waals surface area contributed by atoms with E-state index in [4.69, 9.17) is 27.9 Å². The summed E-state index contributed by atoms with van der Waals surface area (Å²) < 4.78 is 5.91. The van der Waals surface area contributed by atoms with Gasteiger partial charge in [-0.1, -0.05) is 42.6 Å². The van der Waals surface area contributed by atoms with Gasteiger partial charge in [0.15, 0.2) is 0 Å². The summed E-state index contributed by atoms with van der Waals surface area (Å²) in [5.74, 6) is 0.675. The SMILES string of the molecule is CCC[C@@H](CCNC)Oc1cccc(Cl)c1Cl. The van der Waals surface area contributed by atoms with E-state index in [1.54, 1.807) is 6.07 Å². The summed E-state index contributed by atoms with van der Waals surface area (Å²) in [6.45, 7) is 3.08. The second kappa shape index (κ2) is 7.80. The topological polar surface area (TPSA) is 21.3 Å². The van der Waals surface area contributed by atoms with Gasteiger partial charge in [-0.2, -0.15) is 0 Å². The third-order valence-electron chi connectivity index (χ3n) is 2.54. The largest absolute Gasteiger partial charge is 0.489 e. The lowest BCUT2D eigenvalue weighted by molar-refractivity contribution is 0.180. The van der Waals surface area contributed by atoms with Gasteiger partial charge in [-0.15, -0.1) is 0 Å². The number of halogens is 2. The van der Waals surface area contributed by atoms with E-state index in [0.717, 1.165) is 25.8 Å². The van der Waals surface area contributed by atoms with Crippen LogP contribution in [0, 0.1) is 0 Å². The summed E-state index contributed by atoms with van der Waals surface area (Å²) in [5.41, 5.74) is 0. The smallest absolute Gasteiger partial charge is 0.139 e. The van der Waals surface area contributed by atoms with Crippen molar-refractivity contribution in [2.24, 2.45) is 0 Å². The number of hydrogen-bond acceptors (Lipinski definition) is 2. The molecule has 0 aliphatic carbocycles. The quantitative estimate of drug-likeness (QED) is 0.807. The Morgan fingerprint density at radius 2 is 2.06 bits per heavy atom. The molecule has 0 aromatic heterocycles. The van der Waals surface area contributed by atoms with Crippen molar-refractivity contribution in [3.8, 4) is 5.75 Å². The van der Waals surface area contributed by atoms with Crippen LogP contribution in [0.15, 0.2) is 18.2 Å². The highest BCUT2D eigenvalue weighted by Gasteiger charge is 2.12. The molecular formula is C13H19Cl2NO. The molecule has 1 N–H and O–H groups in total. The Kier molecular flexibility index (Phi) is 6.71. The third-order valence-corrected chi connectivity index (χ3v) is 3.34. The van der Waals surface area contributed by atoms with Gasteiger partial charge in [-0.25, -0.2) is 0 Å². The molecule has 17 heavy (non-hydrogen) atoms. The summed E-state index contributed by atoms with van der Waals surface area (Å²) in [5, 5.41) is 4.16. The van der Waals surface area contributed by atoms with Crippen LogP contribution in [0.2, 0.25) is 10.0 Å². The second-order valence-corrected chi connectivity index (χ2v) is 4.76. The van der Waals surface area contributed by atoms with Gasteiger partial charge in [0, 0.05) is 0 Å². The zero-order valence-corrected chi connectivity index (χ0v) is 11.8. The number of nitrogens with one attached hydrogen (secondary N) is 1. The lowest BCUT2D eigenvalue weighted by atomic mass is 10.1. The molecule has 0 aliphatic heterocycles. The van der Waals surface area contributed by atoms with E-state index in [9.17, 15) is 0 Å². The number of hydrogen-bond donors (Lipinski definition) is 1. The zero-order valence-electron chi connectivity index (χ0n) is 10.3. The van der Waals surface area contributed by atoms with Gasteiger partial charge in [0.2, 0.25) is 0 Å². The van der Waals surface area contributed by atoms with Crippen LogP contribution < -0.4 is 10.1 Å². The first-order chi connectivity index (χ1) is 8.19. The van der Waals surface area contributed by atoms with E-state index in [2.05, 4.69) is 12.2 Å². The summed E-state index contributed by atoms with van der Waals surface area (Å²) in [7, 11) is 1.94. The molecule has 0 saturated heterocycles. The van der Waals surface area contributed by atoms with Crippen LogP contribution in [-0.2, 0) is 0 Å². The van der Waals surface area contributed by atoms with E-state index < -0.39 is 0 Å². The van der Waals surface area contributed by atoms with Crippen molar-refractivity contribution >= 4 is 23.2 Å². The van der Waals surface area contributed by atoms with E-state index in [1.165, 1.54) is 0 Å². The maximum atomic E-state index is 6.10. The predicted molar refractivity (Wildman–Crippen MR) is 74.3 cm³/mol. The predicted octanol–water partition coefficient (Wildman–Crippen LogP) is 4.15. The van der Waals surface area contributed by atoms with Gasteiger partial charge in [0.25, 0.3) is 0 Å². The molecule has 0 bridgehead atoms. The van der Waals surface area contributed by atoms with Crippen molar-refractivity contribution in [3.63, 3.8) is 0 Å². The van der Waals surface area contributed by atoms with Crippen molar-refractivity contribution in [1.29, 1.82) is 0 Å². The minimum atomic E-state index is 0.184. The number of benzene rings is 1. The lowest BCUT2D eigenvalue weighted by Gasteiger charge is -2.19. The maximum absolute atomic E-state index is 6.10. The summed E-state index contributed by atoms with van der Waals surface area (Å²) in [4.78, 5) is 0. The molecule has 0 radical (unpaired) electrons. The molecule has 1 aromatic carbocycles. The second-order valence-electron chi connectivity index (χ2n) is 3.97. The number of ether oxygens (including phenoxy) is 1. The summed E-state index contributed by atoms with van der Waals surface area (Å²) in [6.07, 6.45) is 3.26. The minimum absolute atomic E-state index is 0.184. The van der Waals surface area contributed by atoms with Crippen molar-refractivity contribution in [2.75, 3.05) is 13.6 Å². The molecule has 1 atom stereocenters. The van der Waals surface area contributed by atoms with Crippen LogP contribution in [-0.4, -0.2) is 19.7 Å². The fraction of sp³-hybridized carbons (Fsp3) is 0.538. The first kappa shape index (κ1) is 14.6.